The number of rotatable bonds is 4. The zero-order chi connectivity index (χ0) is 17.5. The van der Waals surface area contributed by atoms with Crippen LogP contribution in [-0.2, 0) is 4.79 Å². The maximum Gasteiger partial charge on any atom is 0.142 e. The van der Waals surface area contributed by atoms with Crippen LogP contribution >= 0.6 is 0 Å². The molecule has 3 rings (SSSR count). The van der Waals surface area contributed by atoms with Crippen molar-refractivity contribution in [3.8, 4) is 0 Å². The summed E-state index contributed by atoms with van der Waals surface area (Å²) in [5.74, 6) is 3.23. The molecule has 3 aliphatic rings. The van der Waals surface area contributed by atoms with E-state index < -0.39 is 0 Å². The first-order chi connectivity index (χ1) is 11.4. The molecule has 0 aromatic heterocycles. The van der Waals surface area contributed by atoms with E-state index in [2.05, 4.69) is 34.3 Å². The van der Waals surface area contributed by atoms with Crippen molar-refractivity contribution in [3.63, 3.8) is 0 Å². The Kier molecular flexibility index (Phi) is 4.84. The van der Waals surface area contributed by atoms with Gasteiger partial charge in [-0.15, -0.1) is 0 Å². The molecule has 24 heavy (non-hydrogen) atoms. The smallest absolute Gasteiger partial charge is 0.142 e. The van der Waals surface area contributed by atoms with E-state index >= 15 is 0 Å². The van der Waals surface area contributed by atoms with Crippen LogP contribution in [0.25, 0.3) is 0 Å². The van der Waals surface area contributed by atoms with E-state index in [-0.39, 0.29) is 5.41 Å². The second kappa shape index (κ2) is 6.46. The molecule has 3 fully saturated rings. The van der Waals surface area contributed by atoms with Crippen LogP contribution in [0.3, 0.4) is 0 Å². The summed E-state index contributed by atoms with van der Waals surface area (Å²) in [5.41, 5.74) is 3.58. The SMILES string of the molecule is C=C(C)C1CCC2C3CC/C(=C/C=O)C(C)(CCC)C3CCC12C. The molecule has 0 bridgehead atoms. The Balaban J connectivity index is 1.93. The van der Waals surface area contributed by atoms with Crippen molar-refractivity contribution in [3.05, 3.63) is 23.8 Å². The minimum absolute atomic E-state index is 0.251. The van der Waals surface area contributed by atoms with Gasteiger partial charge in [0.2, 0.25) is 0 Å². The molecule has 134 valence electrons. The largest absolute Gasteiger partial charge is 0.299 e. The number of allylic oxidation sites excluding steroid dienone is 3. The molecule has 0 radical (unpaired) electrons. The van der Waals surface area contributed by atoms with Gasteiger partial charge in [-0.1, -0.05) is 44.9 Å². The maximum atomic E-state index is 11.2. The highest BCUT2D eigenvalue weighted by Gasteiger charge is 2.58. The third kappa shape index (κ3) is 2.54. The van der Waals surface area contributed by atoms with Crippen molar-refractivity contribution in [2.75, 3.05) is 0 Å². The lowest BCUT2D eigenvalue weighted by Crippen LogP contribution is -2.49. The van der Waals surface area contributed by atoms with Gasteiger partial charge < -0.3 is 0 Å². The van der Waals surface area contributed by atoms with Crippen LogP contribution < -0.4 is 0 Å². The van der Waals surface area contributed by atoms with Crippen molar-refractivity contribution < 1.29 is 4.79 Å². The van der Waals surface area contributed by atoms with Gasteiger partial charge >= 0.3 is 0 Å². The monoisotopic (exact) mass is 328 g/mol. The highest BCUT2D eigenvalue weighted by atomic mass is 16.1. The quantitative estimate of drug-likeness (QED) is 0.334. The summed E-state index contributed by atoms with van der Waals surface area (Å²) in [7, 11) is 0. The molecule has 1 heteroatoms. The Morgan fingerprint density at radius 3 is 2.58 bits per heavy atom. The van der Waals surface area contributed by atoms with Crippen molar-refractivity contribution in [1.82, 2.24) is 0 Å². The minimum Gasteiger partial charge on any atom is -0.299 e. The maximum absolute atomic E-state index is 11.2. The van der Waals surface area contributed by atoms with Crippen molar-refractivity contribution >= 4 is 6.29 Å². The predicted octanol–water partition coefficient (Wildman–Crippen LogP) is 6.35. The van der Waals surface area contributed by atoms with Crippen LogP contribution in [0.5, 0.6) is 0 Å². The Labute approximate surface area is 149 Å². The van der Waals surface area contributed by atoms with Gasteiger partial charge in [0.15, 0.2) is 0 Å². The standard InChI is InChI=1S/C23H36O/c1-6-13-22(4)17(12-15-24)7-8-18-20-10-9-19(16(2)3)23(20,5)14-11-21(18)22/h12,15,18-21H,2,6-11,13-14H2,1,3-5H3/b17-12-. The van der Waals surface area contributed by atoms with Gasteiger partial charge in [-0.3, -0.25) is 4.79 Å². The molecule has 3 saturated carbocycles. The van der Waals surface area contributed by atoms with E-state index in [1.807, 2.05) is 6.08 Å². The molecule has 0 spiro atoms. The van der Waals surface area contributed by atoms with E-state index in [4.69, 9.17) is 0 Å². The summed E-state index contributed by atoms with van der Waals surface area (Å²) in [5, 5.41) is 0. The summed E-state index contributed by atoms with van der Waals surface area (Å²) < 4.78 is 0. The van der Waals surface area contributed by atoms with E-state index in [1.54, 1.807) is 0 Å². The highest BCUT2D eigenvalue weighted by molar-refractivity contribution is 5.66. The first-order valence-corrected chi connectivity index (χ1v) is 10.2. The van der Waals surface area contributed by atoms with E-state index in [9.17, 15) is 4.79 Å². The lowest BCUT2D eigenvalue weighted by Gasteiger charge is -2.57. The first-order valence-electron chi connectivity index (χ1n) is 10.2. The summed E-state index contributed by atoms with van der Waals surface area (Å²) in [6.07, 6.45) is 13.3. The summed E-state index contributed by atoms with van der Waals surface area (Å²) in [4.78, 5) is 11.2. The van der Waals surface area contributed by atoms with Crippen LogP contribution in [0.1, 0.15) is 79.1 Å². The molecule has 6 atom stereocenters. The zero-order valence-corrected chi connectivity index (χ0v) is 16.2. The number of aldehydes is 1. The molecule has 6 unspecified atom stereocenters. The van der Waals surface area contributed by atoms with Gasteiger partial charge in [0, 0.05) is 0 Å². The van der Waals surface area contributed by atoms with E-state index in [0.717, 1.165) is 36.4 Å². The Morgan fingerprint density at radius 1 is 1.21 bits per heavy atom. The molecule has 0 aliphatic heterocycles. The number of carbonyl (C=O) groups excluding carboxylic acids is 1. The molecule has 0 N–H and O–H groups in total. The average molecular weight is 329 g/mol. The lowest BCUT2D eigenvalue weighted by atomic mass is 9.47. The zero-order valence-electron chi connectivity index (χ0n) is 16.2. The van der Waals surface area contributed by atoms with Gasteiger partial charge in [0.1, 0.15) is 6.29 Å². The Bertz CT molecular complexity index is 544. The van der Waals surface area contributed by atoms with Crippen LogP contribution in [0.4, 0.5) is 0 Å². The van der Waals surface area contributed by atoms with Gasteiger partial charge in [0.25, 0.3) is 0 Å². The lowest BCUT2D eigenvalue weighted by molar-refractivity contribution is -0.104. The highest BCUT2D eigenvalue weighted by Crippen LogP contribution is 2.66. The van der Waals surface area contributed by atoms with Crippen LogP contribution in [0, 0.1) is 34.5 Å². The number of hydrogen-bond acceptors (Lipinski definition) is 1. The molecule has 0 amide bonds. The van der Waals surface area contributed by atoms with Gasteiger partial charge in [-0.05, 0) is 92.4 Å². The van der Waals surface area contributed by atoms with Crippen LogP contribution in [0.2, 0.25) is 0 Å². The van der Waals surface area contributed by atoms with Crippen molar-refractivity contribution in [1.29, 1.82) is 0 Å². The third-order valence-corrected chi connectivity index (χ3v) is 8.37. The number of carbonyl (C=O) groups is 1. The summed E-state index contributed by atoms with van der Waals surface area (Å²) in [6, 6.07) is 0. The number of hydrogen-bond donors (Lipinski definition) is 0. The van der Waals surface area contributed by atoms with Gasteiger partial charge in [-0.2, -0.15) is 0 Å². The second-order valence-electron chi connectivity index (χ2n) is 9.43. The van der Waals surface area contributed by atoms with Crippen LogP contribution in [-0.4, -0.2) is 6.29 Å². The van der Waals surface area contributed by atoms with Crippen molar-refractivity contribution in [2.45, 2.75) is 79.1 Å². The summed E-state index contributed by atoms with van der Waals surface area (Å²) >= 11 is 0. The molecular weight excluding hydrogens is 292 g/mol. The first kappa shape index (κ1) is 18.0. The second-order valence-corrected chi connectivity index (χ2v) is 9.43. The molecule has 1 nitrogen and oxygen atoms in total. The molecule has 3 aliphatic carbocycles. The fourth-order valence-electron chi connectivity index (χ4n) is 7.36. The fraction of sp³-hybridized carbons (Fsp3) is 0.783. The van der Waals surface area contributed by atoms with E-state index in [0.29, 0.717) is 5.41 Å². The van der Waals surface area contributed by atoms with Crippen LogP contribution in [0.15, 0.2) is 23.8 Å². The average Bonchev–Trinajstić information content (AvgIpc) is 2.88. The Morgan fingerprint density at radius 2 is 1.96 bits per heavy atom. The Hall–Kier alpha value is -0.850. The van der Waals surface area contributed by atoms with Gasteiger partial charge in [0.05, 0.1) is 0 Å². The normalized spacial score (nSPS) is 46.4. The molecule has 0 saturated heterocycles. The third-order valence-electron chi connectivity index (χ3n) is 8.37. The molecule has 0 aromatic carbocycles. The number of fused-ring (bicyclic) bond motifs is 3. The molecular formula is C23H36O. The molecule has 0 aromatic rings. The topological polar surface area (TPSA) is 17.1 Å². The fourth-order valence-corrected chi connectivity index (χ4v) is 7.36. The van der Waals surface area contributed by atoms with Crippen molar-refractivity contribution in [2.24, 2.45) is 34.5 Å². The van der Waals surface area contributed by atoms with Gasteiger partial charge in [-0.25, -0.2) is 0 Å². The predicted molar refractivity (Wildman–Crippen MR) is 102 cm³/mol. The summed E-state index contributed by atoms with van der Waals surface area (Å²) in [6.45, 7) is 13.9. The van der Waals surface area contributed by atoms with E-state index in [1.165, 1.54) is 56.1 Å². The molecule has 0 heterocycles. The minimum atomic E-state index is 0.251.